The molecular weight excluding hydrogens is 404 g/mol. The van der Waals surface area contributed by atoms with Crippen LogP contribution in [0.3, 0.4) is 0 Å². The van der Waals surface area contributed by atoms with Gasteiger partial charge in [-0.1, -0.05) is 11.2 Å². The van der Waals surface area contributed by atoms with Gasteiger partial charge in [-0.3, -0.25) is 9.78 Å². The lowest BCUT2D eigenvalue weighted by atomic mass is 9.94. The third-order valence-electron chi connectivity index (χ3n) is 5.67. The molecule has 1 unspecified atom stereocenters. The molecule has 9 heteroatoms. The van der Waals surface area contributed by atoms with Crippen molar-refractivity contribution in [2.75, 3.05) is 26.7 Å². The molecule has 0 saturated carbocycles. The summed E-state index contributed by atoms with van der Waals surface area (Å²) in [5, 5.41) is 3.78. The first-order valence-electron chi connectivity index (χ1n) is 10.4. The fourth-order valence-corrected chi connectivity index (χ4v) is 5.77. The van der Waals surface area contributed by atoms with Gasteiger partial charge in [0.2, 0.25) is 15.9 Å². The number of hydrogen-bond acceptors (Lipinski definition) is 6. The average Bonchev–Trinajstić information content (AvgIpc) is 3.10. The van der Waals surface area contributed by atoms with Crippen LogP contribution in [0.25, 0.3) is 0 Å². The van der Waals surface area contributed by atoms with Gasteiger partial charge in [0.05, 0.1) is 0 Å². The Labute approximate surface area is 178 Å². The average molecular weight is 435 g/mol. The molecule has 1 aliphatic rings. The smallest absolute Gasteiger partial charge is 0.248 e. The minimum atomic E-state index is -3.63. The number of hydrogen-bond donors (Lipinski definition) is 0. The Bertz CT molecular complexity index is 939. The molecule has 164 valence electrons. The van der Waals surface area contributed by atoms with E-state index in [4.69, 9.17) is 4.52 Å². The number of likely N-dealkylation sites (N-methyl/N-ethyl adjacent to an activating group) is 1. The Morgan fingerprint density at radius 1 is 1.33 bits per heavy atom. The number of rotatable bonds is 8. The van der Waals surface area contributed by atoms with Crippen LogP contribution in [-0.2, 0) is 21.2 Å². The van der Waals surface area contributed by atoms with E-state index in [1.165, 1.54) is 4.31 Å². The summed E-state index contributed by atoms with van der Waals surface area (Å²) in [6.45, 7) is 4.79. The van der Waals surface area contributed by atoms with Gasteiger partial charge < -0.3 is 9.42 Å². The Hall–Kier alpha value is -2.26. The number of aromatic nitrogens is 2. The maximum atomic E-state index is 13.0. The predicted octanol–water partition coefficient (Wildman–Crippen LogP) is 2.57. The molecule has 1 saturated heterocycles. The third kappa shape index (κ3) is 5.26. The molecule has 3 heterocycles. The normalized spacial score (nSPS) is 17.8. The van der Waals surface area contributed by atoms with Crippen molar-refractivity contribution in [2.45, 2.75) is 50.8 Å². The van der Waals surface area contributed by atoms with E-state index in [9.17, 15) is 13.2 Å². The molecule has 1 fully saturated rings. The van der Waals surface area contributed by atoms with E-state index >= 15 is 0 Å². The van der Waals surface area contributed by atoms with Crippen molar-refractivity contribution in [3.8, 4) is 0 Å². The highest BCUT2D eigenvalue weighted by atomic mass is 32.2. The zero-order valence-electron chi connectivity index (χ0n) is 17.9. The number of carbonyl (C=O) groups excluding carboxylic acids is 1. The molecule has 0 N–H and O–H groups in total. The van der Waals surface area contributed by atoms with Gasteiger partial charge in [0.25, 0.3) is 0 Å². The van der Waals surface area contributed by atoms with Crippen molar-refractivity contribution in [2.24, 2.45) is 5.92 Å². The second-order valence-electron chi connectivity index (χ2n) is 7.95. The summed E-state index contributed by atoms with van der Waals surface area (Å²) in [5.41, 5.74) is 1.35. The molecule has 3 rings (SSSR count). The van der Waals surface area contributed by atoms with Crippen LogP contribution in [0.5, 0.6) is 0 Å². The SMILES string of the molecule is Cc1noc(C)c1S(=O)(=O)N1CCCC(CCC(=O)N(C)CCc2ccccn2)C1. The maximum absolute atomic E-state index is 13.0. The summed E-state index contributed by atoms with van der Waals surface area (Å²) in [6, 6.07) is 5.77. The first-order chi connectivity index (χ1) is 14.3. The first kappa shape index (κ1) is 22.4. The highest BCUT2D eigenvalue weighted by molar-refractivity contribution is 7.89. The van der Waals surface area contributed by atoms with Crippen LogP contribution < -0.4 is 0 Å². The summed E-state index contributed by atoms with van der Waals surface area (Å²) >= 11 is 0. The van der Waals surface area contributed by atoms with Gasteiger partial charge in [-0.2, -0.15) is 4.31 Å². The Morgan fingerprint density at radius 3 is 2.80 bits per heavy atom. The summed E-state index contributed by atoms with van der Waals surface area (Å²) in [6.07, 6.45) is 5.29. The van der Waals surface area contributed by atoms with E-state index in [-0.39, 0.29) is 16.7 Å². The Balaban J connectivity index is 1.52. The molecule has 1 amide bonds. The van der Waals surface area contributed by atoms with Gasteiger partial charge >= 0.3 is 0 Å². The summed E-state index contributed by atoms with van der Waals surface area (Å²) < 4.78 is 32.7. The van der Waals surface area contributed by atoms with Crippen LogP contribution in [0, 0.1) is 19.8 Å². The fraction of sp³-hybridized carbons (Fsp3) is 0.571. The van der Waals surface area contributed by atoms with E-state index in [0.717, 1.165) is 25.0 Å². The van der Waals surface area contributed by atoms with Gasteiger partial charge in [-0.25, -0.2) is 8.42 Å². The lowest BCUT2D eigenvalue weighted by molar-refractivity contribution is -0.130. The molecule has 0 spiro atoms. The molecule has 0 aliphatic carbocycles. The Morgan fingerprint density at radius 2 is 2.13 bits per heavy atom. The minimum absolute atomic E-state index is 0.0802. The molecule has 2 aromatic heterocycles. The number of amides is 1. The van der Waals surface area contributed by atoms with Crippen LogP contribution in [0.1, 0.15) is 42.8 Å². The van der Waals surface area contributed by atoms with E-state index in [2.05, 4.69) is 10.1 Å². The zero-order chi connectivity index (χ0) is 21.7. The van der Waals surface area contributed by atoms with Crippen molar-refractivity contribution >= 4 is 15.9 Å². The standard InChI is InChI=1S/C21H30N4O4S/c1-16-21(17(2)29-23-16)30(27,28)25-13-6-7-18(15-25)9-10-20(26)24(3)14-11-19-8-4-5-12-22-19/h4-5,8,12,18H,6-7,9-11,13-15H2,1-3H3. The lowest BCUT2D eigenvalue weighted by Gasteiger charge is -2.32. The third-order valence-corrected chi connectivity index (χ3v) is 7.78. The van der Waals surface area contributed by atoms with Crippen LogP contribution in [-0.4, -0.2) is 60.4 Å². The number of pyridine rings is 1. The maximum Gasteiger partial charge on any atom is 0.248 e. The molecule has 0 bridgehead atoms. The summed E-state index contributed by atoms with van der Waals surface area (Å²) in [7, 11) is -1.83. The molecule has 8 nitrogen and oxygen atoms in total. The topological polar surface area (TPSA) is 96.6 Å². The minimum Gasteiger partial charge on any atom is -0.360 e. The van der Waals surface area contributed by atoms with E-state index in [0.29, 0.717) is 43.9 Å². The van der Waals surface area contributed by atoms with E-state index in [1.807, 2.05) is 18.2 Å². The molecule has 30 heavy (non-hydrogen) atoms. The Kier molecular flexibility index (Phi) is 7.25. The van der Waals surface area contributed by atoms with Crippen molar-refractivity contribution < 1.29 is 17.7 Å². The second kappa shape index (κ2) is 9.70. The summed E-state index contributed by atoms with van der Waals surface area (Å²) in [4.78, 5) is 18.7. The second-order valence-corrected chi connectivity index (χ2v) is 9.82. The highest BCUT2D eigenvalue weighted by Crippen LogP contribution is 2.29. The lowest BCUT2D eigenvalue weighted by Crippen LogP contribution is -2.40. The highest BCUT2D eigenvalue weighted by Gasteiger charge is 2.34. The fourth-order valence-electron chi connectivity index (χ4n) is 3.92. The first-order valence-corrected chi connectivity index (χ1v) is 11.8. The molecule has 1 atom stereocenters. The van der Waals surface area contributed by atoms with Gasteiger partial charge in [0.15, 0.2) is 5.76 Å². The molecule has 0 aromatic carbocycles. The molecular formula is C21H30N4O4S. The van der Waals surface area contributed by atoms with Gasteiger partial charge in [0.1, 0.15) is 10.6 Å². The van der Waals surface area contributed by atoms with Crippen molar-refractivity contribution in [3.05, 3.63) is 41.5 Å². The number of nitrogens with zero attached hydrogens (tertiary/aromatic N) is 4. The van der Waals surface area contributed by atoms with Crippen LogP contribution in [0.2, 0.25) is 0 Å². The van der Waals surface area contributed by atoms with Crippen LogP contribution in [0.15, 0.2) is 33.8 Å². The van der Waals surface area contributed by atoms with Crippen LogP contribution >= 0.6 is 0 Å². The largest absolute Gasteiger partial charge is 0.360 e. The molecule has 0 radical (unpaired) electrons. The monoisotopic (exact) mass is 434 g/mol. The molecule has 1 aliphatic heterocycles. The van der Waals surface area contributed by atoms with Gasteiger partial charge in [-0.05, 0) is 51.2 Å². The van der Waals surface area contributed by atoms with E-state index in [1.54, 1.807) is 32.0 Å². The van der Waals surface area contributed by atoms with Crippen LogP contribution in [0.4, 0.5) is 0 Å². The predicted molar refractivity (Wildman–Crippen MR) is 112 cm³/mol. The van der Waals surface area contributed by atoms with Crippen molar-refractivity contribution in [3.63, 3.8) is 0 Å². The van der Waals surface area contributed by atoms with E-state index < -0.39 is 10.0 Å². The number of aryl methyl sites for hydroxylation is 2. The van der Waals surface area contributed by atoms with Crippen molar-refractivity contribution in [1.82, 2.24) is 19.3 Å². The van der Waals surface area contributed by atoms with Gasteiger partial charge in [0, 0.05) is 51.4 Å². The van der Waals surface area contributed by atoms with Crippen molar-refractivity contribution in [1.29, 1.82) is 0 Å². The number of piperidine rings is 1. The number of sulfonamides is 1. The number of carbonyl (C=O) groups is 1. The zero-order valence-corrected chi connectivity index (χ0v) is 18.7. The quantitative estimate of drug-likeness (QED) is 0.633. The summed E-state index contributed by atoms with van der Waals surface area (Å²) in [5.74, 6) is 0.568. The van der Waals surface area contributed by atoms with Gasteiger partial charge in [-0.15, -0.1) is 0 Å². The molecule has 2 aromatic rings.